The van der Waals surface area contributed by atoms with E-state index in [1.165, 1.54) is 4.90 Å². The first-order chi connectivity index (χ1) is 11.2. The molecule has 0 fully saturated rings. The maximum absolute atomic E-state index is 12.7. The number of imide groups is 1. The van der Waals surface area contributed by atoms with Crippen molar-refractivity contribution < 1.29 is 14.3 Å². The lowest BCUT2D eigenvalue weighted by Crippen LogP contribution is -2.43. The van der Waals surface area contributed by atoms with E-state index in [9.17, 15) is 9.59 Å². The molecular formula is C18H20N2O3. The zero-order valence-electron chi connectivity index (χ0n) is 13.4. The zero-order valence-corrected chi connectivity index (χ0v) is 13.4. The number of likely N-dealkylation sites (N-methyl/N-ethyl adjacent to an activating group) is 1. The van der Waals surface area contributed by atoms with Gasteiger partial charge in [0.05, 0.1) is 6.61 Å². The Morgan fingerprint density at radius 1 is 1.09 bits per heavy atom. The largest absolute Gasteiger partial charge is 0.384 e. The number of benzene rings is 2. The number of hydrogen-bond donors (Lipinski definition) is 1. The van der Waals surface area contributed by atoms with Crippen LogP contribution in [0.4, 0.5) is 0 Å². The van der Waals surface area contributed by atoms with E-state index in [2.05, 4.69) is 5.32 Å². The Labute approximate surface area is 135 Å². The van der Waals surface area contributed by atoms with Crippen molar-refractivity contribution in [3.8, 4) is 0 Å². The summed E-state index contributed by atoms with van der Waals surface area (Å²) in [6.45, 7) is 1.55. The van der Waals surface area contributed by atoms with E-state index in [1.54, 1.807) is 20.2 Å². The average molecular weight is 312 g/mol. The van der Waals surface area contributed by atoms with Crippen LogP contribution < -0.4 is 5.32 Å². The van der Waals surface area contributed by atoms with Crippen LogP contribution in [0.5, 0.6) is 0 Å². The summed E-state index contributed by atoms with van der Waals surface area (Å²) in [5.74, 6) is -0.431. The molecular weight excluding hydrogens is 292 g/mol. The molecule has 2 amide bonds. The highest BCUT2D eigenvalue weighted by molar-refractivity contribution is 6.25. The van der Waals surface area contributed by atoms with Gasteiger partial charge in [-0.2, -0.15) is 0 Å². The van der Waals surface area contributed by atoms with Gasteiger partial charge in [-0.15, -0.1) is 0 Å². The van der Waals surface area contributed by atoms with Crippen LogP contribution in [0, 0.1) is 0 Å². The zero-order chi connectivity index (χ0) is 16.4. The molecule has 120 valence electrons. The monoisotopic (exact) mass is 312 g/mol. The Morgan fingerprint density at radius 2 is 1.83 bits per heavy atom. The Hall–Kier alpha value is -2.24. The van der Waals surface area contributed by atoms with Crippen molar-refractivity contribution in [2.45, 2.75) is 6.42 Å². The third-order valence-electron chi connectivity index (χ3n) is 4.24. The predicted octanol–water partition coefficient (Wildman–Crippen LogP) is 1.84. The molecule has 0 aliphatic carbocycles. The number of nitrogens with zero attached hydrogens (tertiary/aromatic N) is 1. The molecule has 5 heteroatoms. The number of ether oxygens (including phenoxy) is 1. The van der Waals surface area contributed by atoms with Gasteiger partial charge in [0.2, 0.25) is 0 Å². The molecule has 0 saturated heterocycles. The van der Waals surface area contributed by atoms with Gasteiger partial charge >= 0.3 is 0 Å². The lowest BCUT2D eigenvalue weighted by molar-refractivity contribution is 0.0613. The van der Waals surface area contributed by atoms with Gasteiger partial charge in [0.25, 0.3) is 11.8 Å². The number of carbonyl (C=O) groups is 2. The van der Waals surface area contributed by atoms with Crippen molar-refractivity contribution in [2.75, 3.05) is 33.9 Å². The van der Waals surface area contributed by atoms with E-state index in [0.717, 1.165) is 22.8 Å². The fourth-order valence-electron chi connectivity index (χ4n) is 3.06. The van der Waals surface area contributed by atoms with Gasteiger partial charge in [-0.05, 0) is 36.6 Å². The summed E-state index contributed by atoms with van der Waals surface area (Å²) in [6.07, 6.45) is 0.753. The summed E-state index contributed by atoms with van der Waals surface area (Å²) in [5, 5.41) is 4.72. The van der Waals surface area contributed by atoms with Crippen LogP contribution >= 0.6 is 0 Å². The van der Waals surface area contributed by atoms with E-state index >= 15 is 0 Å². The highest BCUT2D eigenvalue weighted by Gasteiger charge is 2.32. The third kappa shape index (κ3) is 2.62. The van der Waals surface area contributed by atoms with Crippen LogP contribution in [-0.4, -0.2) is 50.6 Å². The number of carbonyl (C=O) groups excluding carboxylic acids is 2. The van der Waals surface area contributed by atoms with Crippen molar-refractivity contribution in [1.29, 1.82) is 0 Å². The maximum atomic E-state index is 12.7. The summed E-state index contributed by atoms with van der Waals surface area (Å²) in [6, 6.07) is 9.44. The second kappa shape index (κ2) is 6.48. The van der Waals surface area contributed by atoms with Gasteiger partial charge in [-0.25, -0.2) is 0 Å². The van der Waals surface area contributed by atoms with E-state index < -0.39 is 0 Å². The molecule has 0 spiro atoms. The van der Waals surface area contributed by atoms with Crippen LogP contribution in [-0.2, 0) is 11.2 Å². The number of amides is 2. The summed E-state index contributed by atoms with van der Waals surface area (Å²) < 4.78 is 5.15. The van der Waals surface area contributed by atoms with Crippen molar-refractivity contribution in [1.82, 2.24) is 10.2 Å². The fourth-order valence-corrected chi connectivity index (χ4v) is 3.06. The van der Waals surface area contributed by atoms with Crippen LogP contribution in [0.25, 0.3) is 10.8 Å². The standard InChI is InChI=1S/C18H20N2O3/c1-19-9-10-20-17(21)14-5-3-4-13-12(8-11-23-2)6-7-15(16(13)14)18(20)22/h3-7,19H,8-11H2,1-2H3. The Bertz CT molecular complexity index is 748. The molecule has 5 nitrogen and oxygen atoms in total. The van der Waals surface area contributed by atoms with Gasteiger partial charge in [-0.3, -0.25) is 14.5 Å². The molecule has 1 aliphatic heterocycles. The highest BCUT2D eigenvalue weighted by Crippen LogP contribution is 2.32. The van der Waals surface area contributed by atoms with Crippen LogP contribution in [0.1, 0.15) is 26.3 Å². The van der Waals surface area contributed by atoms with E-state index in [4.69, 9.17) is 4.74 Å². The molecule has 2 aromatic carbocycles. The summed E-state index contributed by atoms with van der Waals surface area (Å²) >= 11 is 0. The number of hydrogen-bond acceptors (Lipinski definition) is 4. The third-order valence-corrected chi connectivity index (χ3v) is 4.24. The lowest BCUT2D eigenvalue weighted by Gasteiger charge is -2.27. The first-order valence-corrected chi connectivity index (χ1v) is 7.73. The SMILES string of the molecule is CNCCN1C(=O)c2cccc3c(CCOC)ccc(c23)C1=O. The molecule has 3 rings (SSSR count). The van der Waals surface area contributed by atoms with Gasteiger partial charge in [-0.1, -0.05) is 18.2 Å². The molecule has 0 unspecified atom stereocenters. The summed E-state index contributed by atoms with van der Waals surface area (Å²) in [4.78, 5) is 26.7. The smallest absolute Gasteiger partial charge is 0.261 e. The average Bonchev–Trinajstić information content (AvgIpc) is 2.58. The minimum absolute atomic E-state index is 0.216. The molecule has 0 aromatic heterocycles. The molecule has 23 heavy (non-hydrogen) atoms. The maximum Gasteiger partial charge on any atom is 0.261 e. The molecule has 1 N–H and O–H groups in total. The number of methoxy groups -OCH3 is 1. The minimum atomic E-state index is -0.216. The molecule has 0 bridgehead atoms. The molecule has 0 atom stereocenters. The molecule has 0 saturated carbocycles. The topological polar surface area (TPSA) is 58.6 Å². The van der Waals surface area contributed by atoms with Gasteiger partial charge in [0.15, 0.2) is 0 Å². The van der Waals surface area contributed by atoms with Crippen molar-refractivity contribution in [3.63, 3.8) is 0 Å². The molecule has 0 radical (unpaired) electrons. The van der Waals surface area contributed by atoms with Crippen molar-refractivity contribution in [3.05, 3.63) is 47.0 Å². The van der Waals surface area contributed by atoms with Gasteiger partial charge in [0, 0.05) is 36.7 Å². The van der Waals surface area contributed by atoms with Crippen LogP contribution in [0.3, 0.4) is 0 Å². The molecule has 2 aromatic rings. The first kappa shape index (κ1) is 15.6. The second-order valence-electron chi connectivity index (χ2n) is 5.61. The Balaban J connectivity index is 2.13. The first-order valence-electron chi connectivity index (χ1n) is 7.73. The number of rotatable bonds is 6. The molecule has 1 aliphatic rings. The Kier molecular flexibility index (Phi) is 4.41. The van der Waals surface area contributed by atoms with E-state index in [-0.39, 0.29) is 11.8 Å². The second-order valence-corrected chi connectivity index (χ2v) is 5.61. The summed E-state index contributed by atoms with van der Waals surface area (Å²) in [7, 11) is 3.47. The Morgan fingerprint density at radius 3 is 2.52 bits per heavy atom. The van der Waals surface area contributed by atoms with E-state index in [1.807, 2.05) is 24.3 Å². The normalized spacial score (nSPS) is 13.9. The van der Waals surface area contributed by atoms with Crippen molar-refractivity contribution >= 4 is 22.6 Å². The quantitative estimate of drug-likeness (QED) is 0.827. The van der Waals surface area contributed by atoms with Gasteiger partial charge < -0.3 is 10.1 Å². The van der Waals surface area contributed by atoms with E-state index in [0.29, 0.717) is 30.8 Å². The molecule has 1 heterocycles. The minimum Gasteiger partial charge on any atom is -0.384 e. The predicted molar refractivity (Wildman–Crippen MR) is 88.8 cm³/mol. The summed E-state index contributed by atoms with van der Waals surface area (Å²) in [5.41, 5.74) is 2.30. The lowest BCUT2D eigenvalue weighted by atomic mass is 9.90. The van der Waals surface area contributed by atoms with Crippen LogP contribution in [0.15, 0.2) is 30.3 Å². The van der Waals surface area contributed by atoms with Gasteiger partial charge in [0.1, 0.15) is 0 Å². The highest BCUT2D eigenvalue weighted by atomic mass is 16.5. The van der Waals surface area contributed by atoms with Crippen LogP contribution in [0.2, 0.25) is 0 Å². The number of nitrogens with one attached hydrogen (secondary N) is 1. The fraction of sp³-hybridized carbons (Fsp3) is 0.333. The van der Waals surface area contributed by atoms with Crippen molar-refractivity contribution in [2.24, 2.45) is 0 Å².